The molecule has 0 heterocycles. The first-order valence-electron chi connectivity index (χ1n) is 6.23. The Labute approximate surface area is 121 Å². The molecule has 2 nitrogen and oxygen atoms in total. The van der Waals surface area contributed by atoms with Gasteiger partial charge in [0.25, 0.3) is 0 Å². The van der Waals surface area contributed by atoms with Crippen molar-refractivity contribution in [3.8, 4) is 0 Å². The highest BCUT2D eigenvalue weighted by Crippen LogP contribution is 2.21. The average Bonchev–Trinajstić information content (AvgIpc) is 2.43. The topological polar surface area (TPSA) is 43.1 Å². The van der Waals surface area contributed by atoms with E-state index in [9.17, 15) is 4.79 Å². The third-order valence-corrected chi connectivity index (χ3v) is 3.92. The molecule has 2 rings (SSSR count). The summed E-state index contributed by atoms with van der Waals surface area (Å²) in [6.07, 6.45) is 0.401. The predicted molar refractivity (Wildman–Crippen MR) is 81.1 cm³/mol. The minimum Gasteiger partial charge on any atom is -0.329 e. The molecule has 0 aliphatic rings. The largest absolute Gasteiger partial charge is 0.329 e. The maximum atomic E-state index is 12.4. The smallest absolute Gasteiger partial charge is 0.146 e. The van der Waals surface area contributed by atoms with Gasteiger partial charge in [-0.25, -0.2) is 0 Å². The summed E-state index contributed by atoms with van der Waals surface area (Å²) in [5.74, 6) is -0.0751. The van der Waals surface area contributed by atoms with Crippen LogP contribution in [0.25, 0.3) is 0 Å². The van der Waals surface area contributed by atoms with Gasteiger partial charge in [-0.1, -0.05) is 64.5 Å². The number of hydrogen-bond donors (Lipinski definition) is 1. The van der Waals surface area contributed by atoms with E-state index in [-0.39, 0.29) is 11.7 Å². The molecule has 98 valence electrons. The summed E-state index contributed by atoms with van der Waals surface area (Å²) in [4.78, 5) is 12.4. The number of nitrogens with two attached hydrogens (primary N) is 1. The van der Waals surface area contributed by atoms with Crippen molar-refractivity contribution in [1.82, 2.24) is 0 Å². The Morgan fingerprint density at radius 3 is 2.32 bits per heavy atom. The van der Waals surface area contributed by atoms with Crippen LogP contribution in [0.4, 0.5) is 0 Å². The molecule has 0 bridgehead atoms. The van der Waals surface area contributed by atoms with Crippen LogP contribution in [-0.2, 0) is 11.2 Å². The summed E-state index contributed by atoms with van der Waals surface area (Å²) >= 11 is 3.47. The van der Waals surface area contributed by atoms with Crippen LogP contribution in [0, 0.1) is 0 Å². The number of ketones is 1. The molecule has 3 heteroatoms. The van der Waals surface area contributed by atoms with Gasteiger partial charge in [0.05, 0.1) is 5.92 Å². The molecule has 0 aliphatic carbocycles. The lowest BCUT2D eigenvalue weighted by Gasteiger charge is -2.14. The number of benzene rings is 2. The van der Waals surface area contributed by atoms with Crippen LogP contribution >= 0.6 is 15.9 Å². The summed E-state index contributed by atoms with van der Waals surface area (Å²) in [6, 6.07) is 17.5. The van der Waals surface area contributed by atoms with Gasteiger partial charge in [0.2, 0.25) is 0 Å². The molecular formula is C16H16BrNO. The van der Waals surface area contributed by atoms with Crippen molar-refractivity contribution in [1.29, 1.82) is 0 Å². The third kappa shape index (κ3) is 3.52. The average molecular weight is 318 g/mol. The van der Waals surface area contributed by atoms with Crippen LogP contribution in [0.2, 0.25) is 0 Å². The van der Waals surface area contributed by atoms with Crippen LogP contribution < -0.4 is 5.73 Å². The number of rotatable bonds is 5. The minimum absolute atomic E-state index is 0.153. The van der Waals surface area contributed by atoms with Gasteiger partial charge in [-0.2, -0.15) is 0 Å². The van der Waals surface area contributed by atoms with Gasteiger partial charge < -0.3 is 5.73 Å². The van der Waals surface area contributed by atoms with E-state index in [1.54, 1.807) is 0 Å². The van der Waals surface area contributed by atoms with Gasteiger partial charge in [-0.15, -0.1) is 0 Å². The fourth-order valence-corrected chi connectivity index (χ4v) is 2.52. The van der Waals surface area contributed by atoms with Crippen molar-refractivity contribution in [3.63, 3.8) is 0 Å². The molecule has 0 aromatic heterocycles. The summed E-state index contributed by atoms with van der Waals surface area (Å²) < 4.78 is 0.965. The number of halogens is 1. The zero-order chi connectivity index (χ0) is 13.7. The Bertz CT molecular complexity index is 554. The monoisotopic (exact) mass is 317 g/mol. The van der Waals surface area contributed by atoms with Crippen molar-refractivity contribution < 1.29 is 4.79 Å². The predicted octanol–water partition coefficient (Wildman–Crippen LogP) is 3.30. The van der Waals surface area contributed by atoms with Gasteiger partial charge in [0.1, 0.15) is 5.78 Å². The lowest BCUT2D eigenvalue weighted by atomic mass is 9.91. The first-order chi connectivity index (χ1) is 9.22. The van der Waals surface area contributed by atoms with Crippen molar-refractivity contribution in [2.75, 3.05) is 6.54 Å². The van der Waals surface area contributed by atoms with Crippen LogP contribution in [0.5, 0.6) is 0 Å². The van der Waals surface area contributed by atoms with Gasteiger partial charge in [-0.3, -0.25) is 4.79 Å². The van der Waals surface area contributed by atoms with Crippen LogP contribution in [0.15, 0.2) is 59.1 Å². The molecule has 2 aromatic rings. The maximum absolute atomic E-state index is 12.4. The van der Waals surface area contributed by atoms with Gasteiger partial charge in [-0.05, 0) is 17.2 Å². The highest BCUT2D eigenvalue weighted by Gasteiger charge is 2.19. The lowest BCUT2D eigenvalue weighted by Crippen LogP contribution is -2.23. The number of carbonyl (C=O) groups excluding carboxylic acids is 1. The summed E-state index contributed by atoms with van der Waals surface area (Å²) in [5, 5.41) is 0. The molecule has 0 fully saturated rings. The normalized spacial score (nSPS) is 12.1. The standard InChI is InChI=1S/C16H16BrNO/c17-15-9-5-4-8-13(15)10-16(19)14(11-18)12-6-2-1-3-7-12/h1-9,14H,10-11,18H2. The molecule has 19 heavy (non-hydrogen) atoms. The maximum Gasteiger partial charge on any atom is 0.146 e. The molecule has 0 saturated carbocycles. The second-order valence-corrected chi connectivity index (χ2v) is 5.29. The van der Waals surface area contributed by atoms with Crippen molar-refractivity contribution >= 4 is 21.7 Å². The van der Waals surface area contributed by atoms with Gasteiger partial charge in [0.15, 0.2) is 0 Å². The highest BCUT2D eigenvalue weighted by atomic mass is 79.9. The second-order valence-electron chi connectivity index (χ2n) is 4.43. The molecular weight excluding hydrogens is 302 g/mol. The zero-order valence-corrected chi connectivity index (χ0v) is 12.1. The third-order valence-electron chi connectivity index (χ3n) is 3.15. The SMILES string of the molecule is NCC(C(=O)Cc1ccccc1Br)c1ccccc1. The van der Waals surface area contributed by atoms with E-state index in [2.05, 4.69) is 15.9 Å². The molecule has 2 N–H and O–H groups in total. The Balaban J connectivity index is 2.17. The fourth-order valence-electron chi connectivity index (χ4n) is 2.09. The van der Waals surface area contributed by atoms with Crippen molar-refractivity contribution in [2.45, 2.75) is 12.3 Å². The first-order valence-corrected chi connectivity index (χ1v) is 7.03. The van der Waals surface area contributed by atoms with Crippen LogP contribution in [0.1, 0.15) is 17.0 Å². The minimum atomic E-state index is -0.228. The number of Topliss-reactive ketones (excluding diaryl/α,β-unsaturated/α-hetero) is 1. The van der Waals surface area contributed by atoms with Crippen molar-refractivity contribution in [3.05, 3.63) is 70.2 Å². The Hall–Kier alpha value is -1.45. The van der Waals surface area contributed by atoms with Crippen molar-refractivity contribution in [2.24, 2.45) is 5.73 Å². The molecule has 0 radical (unpaired) electrons. The van der Waals surface area contributed by atoms with Gasteiger partial charge >= 0.3 is 0 Å². The van der Waals surface area contributed by atoms with Crippen LogP contribution in [-0.4, -0.2) is 12.3 Å². The number of hydrogen-bond acceptors (Lipinski definition) is 2. The molecule has 0 spiro atoms. The summed E-state index contributed by atoms with van der Waals surface area (Å²) in [7, 11) is 0. The Kier molecular flexibility index (Phi) is 4.88. The molecule has 2 aromatic carbocycles. The summed E-state index contributed by atoms with van der Waals surface area (Å²) in [6.45, 7) is 0.341. The van der Waals surface area contributed by atoms with E-state index >= 15 is 0 Å². The second kappa shape index (κ2) is 6.64. The van der Waals surface area contributed by atoms with E-state index in [1.807, 2.05) is 54.6 Å². The Morgan fingerprint density at radius 1 is 1.05 bits per heavy atom. The van der Waals surface area contributed by atoms with E-state index < -0.39 is 0 Å². The quantitative estimate of drug-likeness (QED) is 0.919. The van der Waals surface area contributed by atoms with E-state index in [0.29, 0.717) is 13.0 Å². The van der Waals surface area contributed by atoms with Crippen LogP contribution in [0.3, 0.4) is 0 Å². The first kappa shape index (κ1) is 14.0. The molecule has 0 amide bonds. The lowest BCUT2D eigenvalue weighted by molar-refractivity contribution is -0.119. The molecule has 0 aliphatic heterocycles. The van der Waals surface area contributed by atoms with Gasteiger partial charge in [0, 0.05) is 17.4 Å². The molecule has 1 unspecified atom stereocenters. The Morgan fingerprint density at radius 2 is 1.68 bits per heavy atom. The fraction of sp³-hybridized carbons (Fsp3) is 0.188. The molecule has 1 atom stereocenters. The molecule has 0 saturated heterocycles. The zero-order valence-electron chi connectivity index (χ0n) is 10.6. The van der Waals surface area contributed by atoms with E-state index in [4.69, 9.17) is 5.73 Å². The van der Waals surface area contributed by atoms with E-state index in [0.717, 1.165) is 15.6 Å². The highest BCUT2D eigenvalue weighted by molar-refractivity contribution is 9.10. The van der Waals surface area contributed by atoms with E-state index in [1.165, 1.54) is 0 Å². The number of carbonyl (C=O) groups is 1. The summed E-state index contributed by atoms with van der Waals surface area (Å²) in [5.41, 5.74) is 7.75.